The first-order valence-corrected chi connectivity index (χ1v) is 4.85. The predicted octanol–water partition coefficient (Wildman–Crippen LogP) is 3.07. The molecule has 0 spiro atoms. The van der Waals surface area contributed by atoms with Gasteiger partial charge in [-0.05, 0) is 46.5 Å². The topological polar surface area (TPSA) is 26.3 Å². The number of carbonyl (C=O) groups excluding carboxylic acids is 1. The minimum absolute atomic E-state index is 0.294. The van der Waals surface area contributed by atoms with E-state index in [0.717, 1.165) is 25.7 Å². The van der Waals surface area contributed by atoms with Gasteiger partial charge in [0.2, 0.25) is 0 Å². The molecule has 0 N–H and O–H groups in total. The second-order valence-corrected chi connectivity index (χ2v) is 3.79. The Morgan fingerprint density at radius 2 is 2.00 bits per heavy atom. The summed E-state index contributed by atoms with van der Waals surface area (Å²) in [6.07, 6.45) is 8.54. The SMILES string of the molecule is CC=CCCCCC(C)(C)OC=O. The molecule has 0 aromatic rings. The van der Waals surface area contributed by atoms with Crippen LogP contribution in [0, 0.1) is 0 Å². The highest BCUT2D eigenvalue weighted by molar-refractivity contribution is 5.38. The number of unbranched alkanes of at least 4 members (excludes halogenated alkanes) is 2. The summed E-state index contributed by atoms with van der Waals surface area (Å²) in [7, 11) is 0. The van der Waals surface area contributed by atoms with Crippen LogP contribution in [0.1, 0.15) is 46.5 Å². The van der Waals surface area contributed by atoms with E-state index in [2.05, 4.69) is 12.2 Å². The van der Waals surface area contributed by atoms with Crippen molar-refractivity contribution >= 4 is 6.47 Å². The fraction of sp³-hybridized carbons (Fsp3) is 0.727. The highest BCUT2D eigenvalue weighted by atomic mass is 16.5. The summed E-state index contributed by atoms with van der Waals surface area (Å²) in [5, 5.41) is 0. The van der Waals surface area contributed by atoms with Crippen molar-refractivity contribution < 1.29 is 9.53 Å². The Bertz CT molecular complexity index is 159. The highest BCUT2D eigenvalue weighted by Crippen LogP contribution is 2.17. The molecule has 0 aliphatic heterocycles. The van der Waals surface area contributed by atoms with E-state index in [4.69, 9.17) is 4.74 Å². The molecular formula is C11H20O2. The van der Waals surface area contributed by atoms with Crippen molar-refractivity contribution in [1.82, 2.24) is 0 Å². The molecule has 0 saturated carbocycles. The van der Waals surface area contributed by atoms with Gasteiger partial charge in [0.05, 0.1) is 0 Å². The van der Waals surface area contributed by atoms with Gasteiger partial charge in [0.1, 0.15) is 5.60 Å². The van der Waals surface area contributed by atoms with Gasteiger partial charge < -0.3 is 4.74 Å². The lowest BCUT2D eigenvalue weighted by atomic mass is 10.0. The Morgan fingerprint density at radius 1 is 1.31 bits per heavy atom. The third-order valence-corrected chi connectivity index (χ3v) is 2.00. The van der Waals surface area contributed by atoms with Crippen LogP contribution in [-0.4, -0.2) is 12.1 Å². The maximum absolute atomic E-state index is 10.1. The van der Waals surface area contributed by atoms with Crippen molar-refractivity contribution in [2.45, 2.75) is 52.1 Å². The molecule has 0 aliphatic carbocycles. The number of hydrogen-bond donors (Lipinski definition) is 0. The average Bonchev–Trinajstić information content (AvgIpc) is 2.04. The standard InChI is InChI=1S/C11H20O2/c1-4-5-6-7-8-9-11(2,3)13-10-12/h4-5,10H,6-9H2,1-3H3. The Labute approximate surface area is 81.0 Å². The van der Waals surface area contributed by atoms with Crippen LogP contribution in [0.4, 0.5) is 0 Å². The molecule has 0 unspecified atom stereocenters. The Morgan fingerprint density at radius 3 is 2.54 bits per heavy atom. The van der Waals surface area contributed by atoms with Crippen LogP contribution >= 0.6 is 0 Å². The maximum Gasteiger partial charge on any atom is 0.293 e. The number of carbonyl (C=O) groups is 1. The normalized spacial score (nSPS) is 11.9. The van der Waals surface area contributed by atoms with Crippen molar-refractivity contribution in [2.75, 3.05) is 0 Å². The number of ether oxygens (including phenoxy) is 1. The molecule has 0 bridgehead atoms. The minimum atomic E-state index is -0.294. The van der Waals surface area contributed by atoms with Gasteiger partial charge in [0, 0.05) is 0 Å². The van der Waals surface area contributed by atoms with Gasteiger partial charge in [-0.3, -0.25) is 4.79 Å². The third kappa shape index (κ3) is 7.57. The lowest BCUT2D eigenvalue weighted by Gasteiger charge is -2.21. The lowest BCUT2D eigenvalue weighted by molar-refractivity contribution is -0.140. The van der Waals surface area contributed by atoms with Crippen LogP contribution in [0.5, 0.6) is 0 Å². The molecule has 0 saturated heterocycles. The molecule has 2 nitrogen and oxygen atoms in total. The molecule has 0 aromatic carbocycles. The minimum Gasteiger partial charge on any atom is -0.462 e. The smallest absolute Gasteiger partial charge is 0.293 e. The summed E-state index contributed by atoms with van der Waals surface area (Å²) in [4.78, 5) is 10.1. The summed E-state index contributed by atoms with van der Waals surface area (Å²) in [6.45, 7) is 6.44. The van der Waals surface area contributed by atoms with E-state index in [-0.39, 0.29) is 5.60 Å². The monoisotopic (exact) mass is 184 g/mol. The summed E-state index contributed by atoms with van der Waals surface area (Å²) in [5.74, 6) is 0. The summed E-state index contributed by atoms with van der Waals surface area (Å²) < 4.78 is 4.94. The predicted molar refractivity (Wildman–Crippen MR) is 54.5 cm³/mol. The molecule has 0 rings (SSSR count). The van der Waals surface area contributed by atoms with E-state index in [0.29, 0.717) is 6.47 Å². The van der Waals surface area contributed by atoms with Gasteiger partial charge in [0.15, 0.2) is 0 Å². The fourth-order valence-corrected chi connectivity index (χ4v) is 1.17. The molecule has 0 fully saturated rings. The van der Waals surface area contributed by atoms with Gasteiger partial charge in [-0.2, -0.15) is 0 Å². The van der Waals surface area contributed by atoms with Crippen molar-refractivity contribution in [2.24, 2.45) is 0 Å². The Balaban J connectivity index is 3.45. The molecule has 0 heterocycles. The molecule has 2 heteroatoms. The van der Waals surface area contributed by atoms with Crippen molar-refractivity contribution in [3.05, 3.63) is 12.2 Å². The highest BCUT2D eigenvalue weighted by Gasteiger charge is 2.17. The first-order chi connectivity index (χ1) is 6.12. The van der Waals surface area contributed by atoms with Crippen molar-refractivity contribution in [3.63, 3.8) is 0 Å². The van der Waals surface area contributed by atoms with Crippen LogP contribution in [0.25, 0.3) is 0 Å². The van der Waals surface area contributed by atoms with Gasteiger partial charge in [-0.15, -0.1) is 0 Å². The van der Waals surface area contributed by atoms with Gasteiger partial charge in [-0.25, -0.2) is 0 Å². The molecular weight excluding hydrogens is 164 g/mol. The summed E-state index contributed by atoms with van der Waals surface area (Å²) >= 11 is 0. The van der Waals surface area contributed by atoms with Gasteiger partial charge in [-0.1, -0.05) is 12.2 Å². The van der Waals surface area contributed by atoms with E-state index in [1.165, 1.54) is 0 Å². The van der Waals surface area contributed by atoms with Crippen LogP contribution in [0.15, 0.2) is 12.2 Å². The average molecular weight is 184 g/mol. The van der Waals surface area contributed by atoms with Crippen LogP contribution in [0.2, 0.25) is 0 Å². The zero-order valence-corrected chi connectivity index (χ0v) is 8.88. The number of rotatable bonds is 7. The number of allylic oxidation sites excluding steroid dienone is 2. The molecule has 0 amide bonds. The van der Waals surface area contributed by atoms with Crippen molar-refractivity contribution in [1.29, 1.82) is 0 Å². The first-order valence-electron chi connectivity index (χ1n) is 4.85. The quantitative estimate of drug-likeness (QED) is 0.345. The fourth-order valence-electron chi connectivity index (χ4n) is 1.17. The van der Waals surface area contributed by atoms with E-state index >= 15 is 0 Å². The zero-order chi connectivity index (χ0) is 10.2. The second-order valence-electron chi connectivity index (χ2n) is 3.79. The van der Waals surface area contributed by atoms with E-state index in [9.17, 15) is 4.79 Å². The molecule has 0 aliphatic rings. The van der Waals surface area contributed by atoms with Gasteiger partial charge >= 0.3 is 0 Å². The third-order valence-electron chi connectivity index (χ3n) is 2.00. The van der Waals surface area contributed by atoms with Crippen LogP contribution in [0.3, 0.4) is 0 Å². The molecule has 0 aromatic heterocycles. The van der Waals surface area contributed by atoms with Gasteiger partial charge in [0.25, 0.3) is 6.47 Å². The van der Waals surface area contributed by atoms with Crippen LogP contribution in [-0.2, 0) is 9.53 Å². The zero-order valence-electron chi connectivity index (χ0n) is 8.88. The van der Waals surface area contributed by atoms with E-state index in [1.807, 2.05) is 20.8 Å². The van der Waals surface area contributed by atoms with E-state index < -0.39 is 0 Å². The lowest BCUT2D eigenvalue weighted by Crippen LogP contribution is -2.23. The first kappa shape index (κ1) is 12.2. The molecule has 0 radical (unpaired) electrons. The summed E-state index contributed by atoms with van der Waals surface area (Å²) in [5.41, 5.74) is -0.294. The Hall–Kier alpha value is -0.790. The second kappa shape index (κ2) is 6.70. The Kier molecular flexibility index (Phi) is 6.29. The van der Waals surface area contributed by atoms with Crippen molar-refractivity contribution in [3.8, 4) is 0 Å². The largest absolute Gasteiger partial charge is 0.462 e. The maximum atomic E-state index is 10.1. The van der Waals surface area contributed by atoms with Crippen LogP contribution < -0.4 is 0 Å². The van der Waals surface area contributed by atoms with E-state index in [1.54, 1.807) is 0 Å². The molecule has 76 valence electrons. The number of hydrogen-bond acceptors (Lipinski definition) is 2. The molecule has 0 atom stereocenters. The molecule has 13 heavy (non-hydrogen) atoms. The summed E-state index contributed by atoms with van der Waals surface area (Å²) in [6, 6.07) is 0.